The Hall–Kier alpha value is -2.74. The number of hydrogen-bond acceptors (Lipinski definition) is 5. The Kier molecular flexibility index (Phi) is 5.08. The second kappa shape index (κ2) is 7.43. The minimum Gasteiger partial charge on any atom is -0.325 e. The van der Waals surface area contributed by atoms with Crippen LogP contribution in [0.1, 0.15) is 6.92 Å². The van der Waals surface area contributed by atoms with Crippen molar-refractivity contribution in [3.63, 3.8) is 0 Å². The fraction of sp³-hybridized carbons (Fsp3) is 0.176. The monoisotopic (exact) mass is 357 g/mol. The lowest BCUT2D eigenvalue weighted by molar-refractivity contribution is -0.115. The summed E-state index contributed by atoms with van der Waals surface area (Å²) in [5.74, 6) is 0.0695. The van der Waals surface area contributed by atoms with Gasteiger partial charge in [-0.3, -0.25) is 9.78 Å². The van der Waals surface area contributed by atoms with Crippen LogP contribution in [0.3, 0.4) is 0 Å². The summed E-state index contributed by atoms with van der Waals surface area (Å²) in [4.78, 5) is 16.3. The molecule has 1 atom stereocenters. The largest absolute Gasteiger partial charge is 0.325 e. The van der Waals surface area contributed by atoms with Crippen molar-refractivity contribution in [3.05, 3.63) is 54.6 Å². The molecule has 3 rings (SSSR count). The van der Waals surface area contributed by atoms with Crippen LogP contribution in [0.2, 0.25) is 0 Å². The Morgan fingerprint density at radius 2 is 2.00 bits per heavy atom. The molecule has 0 aliphatic heterocycles. The molecule has 0 radical (unpaired) electrons. The second-order valence-corrected chi connectivity index (χ2v) is 6.67. The molecule has 8 heteroatoms. The molecule has 25 heavy (non-hydrogen) atoms. The lowest BCUT2D eigenvalue weighted by Gasteiger charge is -2.11. The number of pyridine rings is 1. The Morgan fingerprint density at radius 3 is 2.72 bits per heavy atom. The van der Waals surface area contributed by atoms with Crippen molar-refractivity contribution in [2.24, 2.45) is 7.05 Å². The number of rotatable bonds is 5. The van der Waals surface area contributed by atoms with Crippen LogP contribution < -0.4 is 5.32 Å². The molecule has 0 unspecified atom stereocenters. The van der Waals surface area contributed by atoms with E-state index >= 15 is 0 Å². The molecule has 0 saturated heterocycles. The molecule has 128 valence electrons. The first-order valence-electron chi connectivity index (χ1n) is 7.57. The van der Waals surface area contributed by atoms with E-state index in [9.17, 15) is 9.18 Å². The van der Waals surface area contributed by atoms with Crippen LogP contribution in [-0.2, 0) is 11.8 Å². The predicted molar refractivity (Wildman–Crippen MR) is 94.6 cm³/mol. The summed E-state index contributed by atoms with van der Waals surface area (Å²) in [6.07, 6.45) is 3.37. The Bertz CT molecular complexity index is 884. The molecule has 2 aromatic heterocycles. The molecule has 2 heterocycles. The molecule has 0 spiro atoms. The van der Waals surface area contributed by atoms with Crippen molar-refractivity contribution in [1.82, 2.24) is 19.7 Å². The number of amides is 1. The normalized spacial score (nSPS) is 12.0. The summed E-state index contributed by atoms with van der Waals surface area (Å²) in [6, 6.07) is 9.49. The van der Waals surface area contributed by atoms with Crippen molar-refractivity contribution >= 4 is 23.4 Å². The van der Waals surface area contributed by atoms with Crippen molar-refractivity contribution < 1.29 is 9.18 Å². The Balaban J connectivity index is 1.70. The maximum Gasteiger partial charge on any atom is 0.237 e. The lowest BCUT2D eigenvalue weighted by atomic mass is 10.2. The first-order chi connectivity index (χ1) is 12.0. The van der Waals surface area contributed by atoms with Gasteiger partial charge in [-0.05, 0) is 37.3 Å². The van der Waals surface area contributed by atoms with E-state index in [1.807, 2.05) is 23.7 Å². The van der Waals surface area contributed by atoms with E-state index in [4.69, 9.17) is 0 Å². The van der Waals surface area contributed by atoms with E-state index in [-0.39, 0.29) is 5.91 Å². The van der Waals surface area contributed by atoms with Gasteiger partial charge >= 0.3 is 0 Å². The van der Waals surface area contributed by atoms with Gasteiger partial charge in [-0.25, -0.2) is 4.39 Å². The van der Waals surface area contributed by atoms with Gasteiger partial charge in [0, 0.05) is 30.7 Å². The molecule has 6 nitrogen and oxygen atoms in total. The molecule has 1 amide bonds. The zero-order chi connectivity index (χ0) is 17.8. The fourth-order valence-electron chi connectivity index (χ4n) is 2.19. The van der Waals surface area contributed by atoms with Gasteiger partial charge in [0.15, 0.2) is 11.0 Å². The number of halogens is 1. The fourth-order valence-corrected chi connectivity index (χ4v) is 3.01. The molecule has 0 bridgehead atoms. The van der Waals surface area contributed by atoms with Crippen molar-refractivity contribution in [2.45, 2.75) is 17.3 Å². The summed E-state index contributed by atoms with van der Waals surface area (Å²) < 4.78 is 15.0. The van der Waals surface area contributed by atoms with Crippen LogP contribution in [0.5, 0.6) is 0 Å². The maximum absolute atomic E-state index is 13.2. The summed E-state index contributed by atoms with van der Waals surface area (Å²) >= 11 is 1.29. The number of carbonyl (C=O) groups excluding carboxylic acids is 1. The van der Waals surface area contributed by atoms with Crippen LogP contribution in [0, 0.1) is 5.82 Å². The van der Waals surface area contributed by atoms with Crippen molar-refractivity contribution in [3.8, 4) is 11.4 Å². The summed E-state index contributed by atoms with van der Waals surface area (Å²) in [5, 5.41) is 11.2. The van der Waals surface area contributed by atoms with E-state index in [2.05, 4.69) is 20.5 Å². The number of carbonyl (C=O) groups is 1. The molecular formula is C17H16FN5OS. The van der Waals surface area contributed by atoms with Gasteiger partial charge in [-0.15, -0.1) is 10.2 Å². The van der Waals surface area contributed by atoms with E-state index < -0.39 is 11.1 Å². The number of nitrogens with one attached hydrogen (secondary N) is 1. The van der Waals surface area contributed by atoms with Crippen molar-refractivity contribution in [1.29, 1.82) is 0 Å². The molecule has 0 aliphatic rings. The number of nitrogens with zero attached hydrogens (tertiary/aromatic N) is 4. The zero-order valence-electron chi connectivity index (χ0n) is 13.7. The summed E-state index contributed by atoms with van der Waals surface area (Å²) in [6.45, 7) is 1.76. The average molecular weight is 357 g/mol. The molecule has 0 fully saturated rings. The van der Waals surface area contributed by atoms with Gasteiger partial charge in [-0.1, -0.05) is 17.8 Å². The number of hydrogen-bond donors (Lipinski definition) is 1. The minimum absolute atomic E-state index is 0.232. The van der Waals surface area contributed by atoms with Gasteiger partial charge < -0.3 is 9.88 Å². The SMILES string of the molecule is C[C@H](Sc1nnc(-c2ccncc2)n1C)C(=O)Nc1cccc(F)c1. The number of aromatic nitrogens is 4. The zero-order valence-corrected chi connectivity index (χ0v) is 14.5. The lowest BCUT2D eigenvalue weighted by Crippen LogP contribution is -2.22. The smallest absolute Gasteiger partial charge is 0.237 e. The first-order valence-corrected chi connectivity index (χ1v) is 8.45. The van der Waals surface area contributed by atoms with E-state index in [1.54, 1.807) is 31.5 Å². The first kappa shape index (κ1) is 17.1. The quantitative estimate of drug-likeness (QED) is 0.710. The third-order valence-electron chi connectivity index (χ3n) is 3.52. The molecule has 0 saturated carbocycles. The Morgan fingerprint density at radius 1 is 1.24 bits per heavy atom. The van der Waals surface area contributed by atoms with Gasteiger partial charge in [0.2, 0.25) is 5.91 Å². The highest BCUT2D eigenvalue weighted by Crippen LogP contribution is 2.26. The molecule has 1 N–H and O–H groups in total. The van der Waals surface area contributed by atoms with Gasteiger partial charge in [0.1, 0.15) is 5.82 Å². The van der Waals surface area contributed by atoms with E-state index in [0.29, 0.717) is 16.7 Å². The maximum atomic E-state index is 13.2. The molecule has 0 aliphatic carbocycles. The number of thioether (sulfide) groups is 1. The number of anilines is 1. The van der Waals surface area contributed by atoms with Crippen LogP contribution >= 0.6 is 11.8 Å². The van der Waals surface area contributed by atoms with Gasteiger partial charge in [-0.2, -0.15) is 0 Å². The van der Waals surface area contributed by atoms with E-state index in [0.717, 1.165) is 5.56 Å². The van der Waals surface area contributed by atoms with Crippen LogP contribution in [0.4, 0.5) is 10.1 Å². The van der Waals surface area contributed by atoms with Crippen LogP contribution in [0.15, 0.2) is 53.9 Å². The van der Waals surface area contributed by atoms with Crippen molar-refractivity contribution in [2.75, 3.05) is 5.32 Å². The molecular weight excluding hydrogens is 341 g/mol. The highest BCUT2D eigenvalue weighted by molar-refractivity contribution is 8.00. The van der Waals surface area contributed by atoms with E-state index in [1.165, 1.54) is 23.9 Å². The van der Waals surface area contributed by atoms with Crippen LogP contribution in [-0.4, -0.2) is 30.9 Å². The second-order valence-electron chi connectivity index (χ2n) is 5.36. The van der Waals surface area contributed by atoms with Gasteiger partial charge in [0.05, 0.1) is 5.25 Å². The Labute approximate surface area is 148 Å². The highest BCUT2D eigenvalue weighted by atomic mass is 32.2. The average Bonchev–Trinajstić information content (AvgIpc) is 2.96. The summed E-state index contributed by atoms with van der Waals surface area (Å²) in [5.41, 5.74) is 1.32. The summed E-state index contributed by atoms with van der Waals surface area (Å²) in [7, 11) is 1.84. The minimum atomic E-state index is -0.420. The third-order valence-corrected chi connectivity index (χ3v) is 4.65. The standard InChI is InChI=1S/C17H16FN5OS/c1-11(16(24)20-14-5-3-4-13(18)10-14)25-17-22-21-15(23(17)2)12-6-8-19-9-7-12/h3-11H,1-2H3,(H,20,24)/t11-/m0/s1. The molecule has 1 aromatic carbocycles. The topological polar surface area (TPSA) is 72.7 Å². The predicted octanol–water partition coefficient (Wildman–Crippen LogP) is 3.14. The van der Waals surface area contributed by atoms with Crippen LogP contribution in [0.25, 0.3) is 11.4 Å². The van der Waals surface area contributed by atoms with Gasteiger partial charge in [0.25, 0.3) is 0 Å². The number of benzene rings is 1. The highest BCUT2D eigenvalue weighted by Gasteiger charge is 2.19. The molecule has 3 aromatic rings. The third kappa shape index (κ3) is 4.03.